The zero-order valence-electron chi connectivity index (χ0n) is 16.4. The summed E-state index contributed by atoms with van der Waals surface area (Å²) in [6.45, 7) is 2.29. The summed E-state index contributed by atoms with van der Waals surface area (Å²) in [5.74, 6) is -1.02. The van der Waals surface area contributed by atoms with Crippen LogP contribution >= 0.6 is 0 Å². The summed E-state index contributed by atoms with van der Waals surface area (Å²) < 4.78 is 15.6. The predicted octanol–water partition coefficient (Wildman–Crippen LogP) is -0.345. The summed E-state index contributed by atoms with van der Waals surface area (Å²) in [5, 5.41) is 5.10. The van der Waals surface area contributed by atoms with Crippen LogP contribution < -0.4 is 22.1 Å². The van der Waals surface area contributed by atoms with Crippen molar-refractivity contribution in [1.82, 2.24) is 10.6 Å². The van der Waals surface area contributed by atoms with E-state index < -0.39 is 23.9 Å². The molecule has 1 aromatic carbocycles. The summed E-state index contributed by atoms with van der Waals surface area (Å²) in [6, 6.07) is 8.18. The molecule has 0 aliphatic heterocycles. The molecule has 3 amide bonds. The lowest BCUT2D eigenvalue weighted by molar-refractivity contribution is -0.123. The molecular formula is C19H30N4O6. The van der Waals surface area contributed by atoms with Gasteiger partial charge in [-0.3, -0.25) is 9.59 Å². The third-order valence-electron chi connectivity index (χ3n) is 3.68. The highest BCUT2D eigenvalue weighted by Crippen LogP contribution is 2.02. The van der Waals surface area contributed by atoms with Gasteiger partial charge in [0.2, 0.25) is 11.8 Å². The van der Waals surface area contributed by atoms with Crippen molar-refractivity contribution in [3.63, 3.8) is 0 Å². The minimum absolute atomic E-state index is 0.0496. The largest absolute Gasteiger partial charge is 0.445 e. The maximum Gasteiger partial charge on any atom is 0.408 e. The van der Waals surface area contributed by atoms with Gasteiger partial charge < -0.3 is 36.3 Å². The molecule has 0 aromatic heterocycles. The Kier molecular flexibility index (Phi) is 12.8. The van der Waals surface area contributed by atoms with E-state index in [9.17, 15) is 14.4 Å². The van der Waals surface area contributed by atoms with Gasteiger partial charge in [0.15, 0.2) is 0 Å². The molecule has 162 valence electrons. The number of hydrogen-bond donors (Lipinski definition) is 4. The standard InChI is InChI=1S/C19H30N4O6/c20-8-10-27-12-13-28-11-9-22-18(25)16(6-7-17(21)24)23-19(26)29-14-15-4-2-1-3-5-15/h1-5,16H,6-14,20H2,(H2,21,24)(H,22,25)(H,23,26). The number of nitrogens with one attached hydrogen (secondary N) is 2. The predicted molar refractivity (Wildman–Crippen MR) is 106 cm³/mol. The van der Waals surface area contributed by atoms with Gasteiger partial charge in [-0.2, -0.15) is 0 Å². The van der Waals surface area contributed by atoms with E-state index in [0.29, 0.717) is 26.4 Å². The van der Waals surface area contributed by atoms with Gasteiger partial charge in [0, 0.05) is 19.5 Å². The quantitative estimate of drug-likeness (QED) is 0.288. The summed E-state index contributed by atoms with van der Waals surface area (Å²) in [4.78, 5) is 35.3. The van der Waals surface area contributed by atoms with Crippen molar-refractivity contribution in [2.45, 2.75) is 25.5 Å². The fourth-order valence-corrected chi connectivity index (χ4v) is 2.24. The Bertz CT molecular complexity index is 614. The van der Waals surface area contributed by atoms with E-state index in [0.717, 1.165) is 5.56 Å². The van der Waals surface area contributed by atoms with Crippen LogP contribution in [-0.2, 0) is 30.4 Å². The number of benzene rings is 1. The molecule has 0 saturated heterocycles. The highest BCUT2D eigenvalue weighted by Gasteiger charge is 2.21. The van der Waals surface area contributed by atoms with Crippen LogP contribution in [0.25, 0.3) is 0 Å². The number of nitrogens with two attached hydrogens (primary N) is 2. The van der Waals surface area contributed by atoms with E-state index in [-0.39, 0.29) is 32.6 Å². The zero-order chi connectivity index (χ0) is 21.3. The molecule has 0 fully saturated rings. The van der Waals surface area contributed by atoms with Gasteiger partial charge in [0.05, 0.1) is 26.4 Å². The molecule has 10 heteroatoms. The van der Waals surface area contributed by atoms with Crippen molar-refractivity contribution in [2.75, 3.05) is 39.5 Å². The molecule has 1 aromatic rings. The van der Waals surface area contributed by atoms with Crippen molar-refractivity contribution in [2.24, 2.45) is 11.5 Å². The SMILES string of the molecule is NCCOCCOCCNC(=O)C(CCC(N)=O)NC(=O)OCc1ccccc1. The van der Waals surface area contributed by atoms with Gasteiger partial charge in [-0.05, 0) is 12.0 Å². The molecule has 1 atom stereocenters. The Morgan fingerprint density at radius 1 is 1.00 bits per heavy atom. The van der Waals surface area contributed by atoms with E-state index in [1.165, 1.54) is 0 Å². The zero-order valence-corrected chi connectivity index (χ0v) is 16.4. The van der Waals surface area contributed by atoms with Crippen LogP contribution in [0.1, 0.15) is 18.4 Å². The van der Waals surface area contributed by atoms with Crippen molar-refractivity contribution in [1.29, 1.82) is 0 Å². The van der Waals surface area contributed by atoms with Gasteiger partial charge in [0.25, 0.3) is 0 Å². The summed E-state index contributed by atoms with van der Waals surface area (Å²) >= 11 is 0. The lowest BCUT2D eigenvalue weighted by atomic mass is 10.1. The van der Waals surface area contributed by atoms with E-state index >= 15 is 0 Å². The van der Waals surface area contributed by atoms with Crippen molar-refractivity contribution in [3.05, 3.63) is 35.9 Å². The van der Waals surface area contributed by atoms with E-state index in [4.69, 9.17) is 25.7 Å². The van der Waals surface area contributed by atoms with Gasteiger partial charge in [-0.1, -0.05) is 30.3 Å². The number of primary amides is 1. The molecule has 1 unspecified atom stereocenters. The highest BCUT2D eigenvalue weighted by molar-refractivity contribution is 5.86. The molecule has 0 saturated carbocycles. The molecule has 0 aliphatic rings. The molecule has 10 nitrogen and oxygen atoms in total. The van der Waals surface area contributed by atoms with E-state index in [1.54, 1.807) is 0 Å². The molecule has 1 rings (SSSR count). The minimum Gasteiger partial charge on any atom is -0.445 e. The summed E-state index contributed by atoms with van der Waals surface area (Å²) in [6.07, 6.45) is -0.742. The summed E-state index contributed by atoms with van der Waals surface area (Å²) in [5.41, 5.74) is 11.3. The summed E-state index contributed by atoms with van der Waals surface area (Å²) in [7, 11) is 0. The Hall–Kier alpha value is -2.69. The molecular weight excluding hydrogens is 380 g/mol. The minimum atomic E-state index is -0.946. The average Bonchev–Trinajstić information content (AvgIpc) is 2.72. The highest BCUT2D eigenvalue weighted by atomic mass is 16.5. The number of hydrogen-bond acceptors (Lipinski definition) is 7. The Morgan fingerprint density at radius 3 is 2.34 bits per heavy atom. The fourth-order valence-electron chi connectivity index (χ4n) is 2.24. The molecule has 0 bridgehead atoms. The number of carbonyl (C=O) groups is 3. The lowest BCUT2D eigenvalue weighted by Crippen LogP contribution is -2.48. The number of rotatable bonds is 15. The third-order valence-corrected chi connectivity index (χ3v) is 3.68. The second-order valence-electron chi connectivity index (χ2n) is 6.07. The smallest absolute Gasteiger partial charge is 0.408 e. The lowest BCUT2D eigenvalue weighted by Gasteiger charge is -2.18. The Morgan fingerprint density at radius 2 is 1.69 bits per heavy atom. The molecule has 0 aliphatic carbocycles. The van der Waals surface area contributed by atoms with Crippen molar-refractivity contribution >= 4 is 17.9 Å². The van der Waals surface area contributed by atoms with Crippen LogP contribution in [0.5, 0.6) is 0 Å². The number of ether oxygens (including phenoxy) is 3. The van der Waals surface area contributed by atoms with Crippen LogP contribution in [0.4, 0.5) is 4.79 Å². The normalized spacial score (nSPS) is 11.5. The Labute approximate surface area is 170 Å². The maximum atomic E-state index is 12.3. The average molecular weight is 410 g/mol. The first-order chi connectivity index (χ1) is 14.0. The van der Waals surface area contributed by atoms with E-state index in [2.05, 4.69) is 10.6 Å². The number of amides is 3. The van der Waals surface area contributed by atoms with Crippen LogP contribution in [0.15, 0.2) is 30.3 Å². The van der Waals surface area contributed by atoms with Gasteiger partial charge in [0.1, 0.15) is 12.6 Å². The monoisotopic (exact) mass is 410 g/mol. The van der Waals surface area contributed by atoms with Crippen LogP contribution in [0, 0.1) is 0 Å². The Balaban J connectivity index is 2.35. The number of alkyl carbamates (subject to hydrolysis) is 1. The third kappa shape index (κ3) is 12.4. The number of carbonyl (C=O) groups excluding carboxylic acids is 3. The molecule has 0 heterocycles. The molecule has 0 spiro atoms. The maximum absolute atomic E-state index is 12.3. The van der Waals surface area contributed by atoms with E-state index in [1.807, 2.05) is 30.3 Å². The van der Waals surface area contributed by atoms with Crippen LogP contribution in [0.3, 0.4) is 0 Å². The van der Waals surface area contributed by atoms with Crippen LogP contribution in [0.2, 0.25) is 0 Å². The van der Waals surface area contributed by atoms with Crippen molar-refractivity contribution < 1.29 is 28.6 Å². The van der Waals surface area contributed by atoms with Gasteiger partial charge >= 0.3 is 6.09 Å². The van der Waals surface area contributed by atoms with Crippen LogP contribution in [-0.4, -0.2) is 63.5 Å². The molecule has 29 heavy (non-hydrogen) atoms. The second-order valence-corrected chi connectivity index (χ2v) is 6.07. The van der Waals surface area contributed by atoms with Gasteiger partial charge in [-0.15, -0.1) is 0 Å². The second kappa shape index (κ2) is 15.3. The topological polar surface area (TPSA) is 155 Å². The molecule has 6 N–H and O–H groups in total. The first-order valence-corrected chi connectivity index (χ1v) is 9.41. The first kappa shape index (κ1) is 24.3. The van der Waals surface area contributed by atoms with Gasteiger partial charge in [-0.25, -0.2) is 4.79 Å². The van der Waals surface area contributed by atoms with Crippen molar-refractivity contribution in [3.8, 4) is 0 Å². The fraction of sp³-hybridized carbons (Fsp3) is 0.526. The molecule has 0 radical (unpaired) electrons. The first-order valence-electron chi connectivity index (χ1n) is 9.41.